The fourth-order valence-corrected chi connectivity index (χ4v) is 6.66. The molecule has 0 aliphatic carbocycles. The standard InChI is InChI=1S/C38H48F2N6O8/c1-5-6-7-8-9-14-32(47)43-29(19-25-17-27(39)20-28(40)18-25)34(49)41-21-26-22-54-38(53)31-13-11-16-46(31)35(50)23(2)42-33(48)24(3)44(4)37(52)30-12-10-15-45(30)36(26)51/h5-9,14,17-18,20,23-24,26,29-31H,10-13,15-16,19,21-22H2,1-4H3,(H,41,49)(H,42,48)(H,43,47)/b6-5+,8-7+,14-9+/t23-,24-,26-,29-,30-,31-/m0/s1. The third-order valence-corrected chi connectivity index (χ3v) is 9.73. The monoisotopic (exact) mass is 754 g/mol. The van der Waals surface area contributed by atoms with Crippen LogP contribution in [0.2, 0.25) is 0 Å². The van der Waals surface area contributed by atoms with Gasteiger partial charge in [-0.25, -0.2) is 13.6 Å². The summed E-state index contributed by atoms with van der Waals surface area (Å²) in [5.41, 5.74) is 0.0788. The maximum absolute atomic E-state index is 14.2. The maximum Gasteiger partial charge on any atom is 0.328 e. The van der Waals surface area contributed by atoms with Gasteiger partial charge in [-0.3, -0.25) is 28.8 Å². The summed E-state index contributed by atoms with van der Waals surface area (Å²) in [7, 11) is 1.44. The number of allylic oxidation sites excluding steroid dienone is 5. The molecule has 1 aromatic carbocycles. The summed E-state index contributed by atoms with van der Waals surface area (Å²) < 4.78 is 33.8. The van der Waals surface area contributed by atoms with Crippen LogP contribution in [-0.2, 0) is 44.7 Å². The topological polar surface area (TPSA) is 175 Å². The number of hydrogen-bond donors (Lipinski definition) is 3. The van der Waals surface area contributed by atoms with Crippen molar-refractivity contribution < 1.29 is 47.1 Å². The average Bonchev–Trinajstić information content (AvgIpc) is 3.83. The molecule has 3 N–H and O–H groups in total. The number of amides is 6. The lowest BCUT2D eigenvalue weighted by molar-refractivity contribution is -0.158. The Labute approximate surface area is 313 Å². The highest BCUT2D eigenvalue weighted by atomic mass is 19.1. The highest BCUT2D eigenvalue weighted by molar-refractivity contribution is 5.96. The van der Waals surface area contributed by atoms with Gasteiger partial charge in [0.2, 0.25) is 35.4 Å². The number of cyclic esters (lactones) is 1. The number of hydrogen-bond acceptors (Lipinski definition) is 8. The van der Waals surface area contributed by atoms with Gasteiger partial charge in [-0.15, -0.1) is 0 Å². The zero-order valence-electron chi connectivity index (χ0n) is 30.9. The van der Waals surface area contributed by atoms with Gasteiger partial charge in [-0.05, 0) is 64.2 Å². The molecule has 16 heteroatoms. The predicted molar refractivity (Wildman–Crippen MR) is 192 cm³/mol. The van der Waals surface area contributed by atoms with Crippen LogP contribution in [0.25, 0.3) is 0 Å². The number of ether oxygens (including phenoxy) is 1. The molecule has 3 fully saturated rings. The Kier molecular flexibility index (Phi) is 14.6. The van der Waals surface area contributed by atoms with Crippen LogP contribution in [0, 0.1) is 17.6 Å². The summed E-state index contributed by atoms with van der Waals surface area (Å²) in [6.45, 7) is 4.32. The molecule has 6 amide bonds. The lowest BCUT2D eigenvalue weighted by Crippen LogP contribution is -2.57. The summed E-state index contributed by atoms with van der Waals surface area (Å²) in [4.78, 5) is 98.1. The van der Waals surface area contributed by atoms with E-state index in [2.05, 4.69) is 16.0 Å². The summed E-state index contributed by atoms with van der Waals surface area (Å²) in [6.07, 6.45) is 10.6. The van der Waals surface area contributed by atoms with Gasteiger partial charge in [0.05, 0.1) is 5.92 Å². The normalized spacial score (nSPS) is 25.3. The van der Waals surface area contributed by atoms with Gasteiger partial charge in [0.1, 0.15) is 48.5 Å². The van der Waals surface area contributed by atoms with E-state index in [0.29, 0.717) is 31.7 Å². The van der Waals surface area contributed by atoms with E-state index in [1.54, 1.807) is 24.3 Å². The summed E-state index contributed by atoms with van der Waals surface area (Å²) in [6, 6.07) is -2.54. The Bertz CT molecular complexity index is 1680. The molecule has 3 heterocycles. The van der Waals surface area contributed by atoms with Crippen LogP contribution in [0.1, 0.15) is 52.0 Å². The molecule has 0 unspecified atom stereocenters. The third-order valence-electron chi connectivity index (χ3n) is 9.73. The smallest absolute Gasteiger partial charge is 0.328 e. The molecule has 4 rings (SSSR count). The summed E-state index contributed by atoms with van der Waals surface area (Å²) in [5, 5.41) is 7.79. The van der Waals surface area contributed by atoms with E-state index in [4.69, 9.17) is 4.74 Å². The second-order valence-corrected chi connectivity index (χ2v) is 13.6. The van der Waals surface area contributed by atoms with Crippen LogP contribution in [-0.4, -0.2) is 120 Å². The Morgan fingerprint density at radius 1 is 0.907 bits per heavy atom. The molecule has 292 valence electrons. The SMILES string of the molecule is C/C=C/C=C/C=C/C(=O)N[C@@H](Cc1cc(F)cc(F)c1)C(=O)NC[C@H]1COC(=O)[C@@H]2CCCN2C(=O)[C@H](C)NC(=O)[C@H](C)N(C)C(=O)[C@@H]2CCCN2C1=O. The number of likely N-dealkylation sites (N-methyl/N-ethyl adjacent to an activating group) is 1. The third kappa shape index (κ3) is 10.6. The number of esters is 1. The van der Waals surface area contributed by atoms with E-state index in [-0.39, 0.29) is 25.1 Å². The Morgan fingerprint density at radius 3 is 2.20 bits per heavy atom. The van der Waals surface area contributed by atoms with Crippen molar-refractivity contribution in [3.8, 4) is 0 Å². The van der Waals surface area contributed by atoms with Crippen molar-refractivity contribution in [2.24, 2.45) is 5.92 Å². The maximum atomic E-state index is 14.2. The zero-order chi connectivity index (χ0) is 39.5. The van der Waals surface area contributed by atoms with Gasteiger partial charge in [0.15, 0.2) is 0 Å². The van der Waals surface area contributed by atoms with E-state index in [1.807, 2.05) is 6.92 Å². The van der Waals surface area contributed by atoms with Gasteiger partial charge in [-0.2, -0.15) is 0 Å². The number of carbonyl (C=O) groups excluding carboxylic acids is 7. The highest BCUT2D eigenvalue weighted by Crippen LogP contribution is 2.24. The summed E-state index contributed by atoms with van der Waals surface area (Å²) in [5.74, 6) is -7.42. The minimum Gasteiger partial charge on any atom is -0.463 e. The number of benzene rings is 1. The Balaban J connectivity index is 1.60. The van der Waals surface area contributed by atoms with Gasteiger partial charge >= 0.3 is 5.97 Å². The van der Waals surface area contributed by atoms with Crippen molar-refractivity contribution in [2.45, 2.75) is 83.1 Å². The second-order valence-electron chi connectivity index (χ2n) is 13.6. The molecular weight excluding hydrogens is 706 g/mol. The molecule has 0 saturated carbocycles. The van der Waals surface area contributed by atoms with Crippen LogP contribution < -0.4 is 16.0 Å². The first kappa shape index (κ1) is 41.3. The molecule has 6 atom stereocenters. The number of fused-ring (bicyclic) bond motifs is 2. The second kappa shape index (κ2) is 19.1. The molecule has 3 aliphatic rings. The number of rotatable bonds is 9. The summed E-state index contributed by atoms with van der Waals surface area (Å²) >= 11 is 0. The van der Waals surface area contributed by atoms with Gasteiger partial charge in [0, 0.05) is 45.2 Å². The van der Waals surface area contributed by atoms with Crippen molar-refractivity contribution in [3.63, 3.8) is 0 Å². The highest BCUT2D eigenvalue weighted by Gasteiger charge is 2.43. The van der Waals surface area contributed by atoms with Crippen LogP contribution in [0.5, 0.6) is 0 Å². The Hall–Kier alpha value is -5.41. The molecule has 0 bridgehead atoms. The average molecular weight is 755 g/mol. The van der Waals surface area contributed by atoms with Crippen LogP contribution in [0.15, 0.2) is 54.7 Å². The van der Waals surface area contributed by atoms with E-state index in [9.17, 15) is 42.3 Å². The molecule has 14 nitrogen and oxygen atoms in total. The van der Waals surface area contributed by atoms with Gasteiger partial charge in [-0.1, -0.05) is 30.4 Å². The van der Waals surface area contributed by atoms with Crippen LogP contribution in [0.4, 0.5) is 8.78 Å². The van der Waals surface area contributed by atoms with Crippen molar-refractivity contribution >= 4 is 41.4 Å². The number of halogens is 2. The minimum atomic E-state index is -1.35. The van der Waals surface area contributed by atoms with Crippen molar-refractivity contribution in [2.75, 3.05) is 33.3 Å². The largest absolute Gasteiger partial charge is 0.463 e. The van der Waals surface area contributed by atoms with Gasteiger partial charge < -0.3 is 35.4 Å². The molecule has 54 heavy (non-hydrogen) atoms. The number of nitrogens with one attached hydrogen (secondary N) is 3. The van der Waals surface area contributed by atoms with Crippen molar-refractivity contribution in [1.82, 2.24) is 30.7 Å². The van der Waals surface area contributed by atoms with E-state index in [0.717, 1.165) is 12.1 Å². The minimum absolute atomic E-state index is 0.0788. The molecule has 3 aliphatic heterocycles. The Morgan fingerprint density at radius 2 is 1.54 bits per heavy atom. The molecule has 0 spiro atoms. The molecule has 0 aromatic heterocycles. The number of nitrogens with zero attached hydrogens (tertiary/aromatic N) is 3. The van der Waals surface area contributed by atoms with E-state index >= 15 is 0 Å². The quantitative estimate of drug-likeness (QED) is 0.192. The fraction of sp³-hybridized carbons (Fsp3) is 0.500. The lowest BCUT2D eigenvalue weighted by Gasteiger charge is -2.34. The molecule has 3 saturated heterocycles. The van der Waals surface area contributed by atoms with Crippen molar-refractivity contribution in [1.29, 1.82) is 0 Å². The fourth-order valence-electron chi connectivity index (χ4n) is 6.66. The lowest BCUT2D eigenvalue weighted by atomic mass is 10.0. The van der Waals surface area contributed by atoms with Crippen LogP contribution >= 0.6 is 0 Å². The van der Waals surface area contributed by atoms with Gasteiger partial charge in [0.25, 0.3) is 0 Å². The first-order chi connectivity index (χ1) is 25.7. The van der Waals surface area contributed by atoms with Crippen molar-refractivity contribution in [3.05, 3.63) is 71.9 Å². The first-order valence-electron chi connectivity index (χ1n) is 18.1. The first-order valence-corrected chi connectivity index (χ1v) is 18.1. The van der Waals surface area contributed by atoms with Crippen LogP contribution in [0.3, 0.4) is 0 Å². The number of carbonyl (C=O) groups is 7. The zero-order valence-corrected chi connectivity index (χ0v) is 30.9. The molecule has 0 radical (unpaired) electrons. The molecular formula is C38H48F2N6O8. The van der Waals surface area contributed by atoms with E-state index in [1.165, 1.54) is 47.7 Å². The van der Waals surface area contributed by atoms with E-state index < -0.39 is 102 Å². The predicted octanol–water partition coefficient (Wildman–Crippen LogP) is 1.30. The molecule has 1 aromatic rings.